The van der Waals surface area contributed by atoms with Crippen molar-refractivity contribution in [3.63, 3.8) is 0 Å². The van der Waals surface area contributed by atoms with E-state index in [0.717, 1.165) is 6.07 Å². The Morgan fingerprint density at radius 1 is 1.20 bits per heavy atom. The number of tetrazole rings is 1. The van der Waals surface area contributed by atoms with Gasteiger partial charge in [0, 0.05) is 6.04 Å². The van der Waals surface area contributed by atoms with E-state index in [0.29, 0.717) is 17.9 Å². The van der Waals surface area contributed by atoms with Gasteiger partial charge in [-0.1, -0.05) is 6.07 Å². The molecular weight excluding hydrogens is 264 g/mol. The average molecular weight is 281 g/mol. The summed E-state index contributed by atoms with van der Waals surface area (Å²) in [5, 5.41) is 14.7. The van der Waals surface area contributed by atoms with Gasteiger partial charge in [0.1, 0.15) is 0 Å². The highest BCUT2D eigenvalue weighted by Crippen LogP contribution is 2.16. The fourth-order valence-electron chi connectivity index (χ4n) is 1.87. The molecule has 1 N–H and O–H groups in total. The second-order valence-corrected chi connectivity index (χ2v) is 4.91. The van der Waals surface area contributed by atoms with Gasteiger partial charge in [-0.05, 0) is 48.9 Å². The number of hydrogen-bond donors (Lipinski definition) is 1. The first-order valence-corrected chi connectivity index (χ1v) is 6.44. The molecule has 0 bridgehead atoms. The first-order chi connectivity index (χ1) is 9.49. The monoisotopic (exact) mass is 281 g/mol. The molecule has 108 valence electrons. The topological polar surface area (TPSA) is 55.6 Å². The van der Waals surface area contributed by atoms with Gasteiger partial charge in [-0.25, -0.2) is 13.5 Å². The molecule has 1 heterocycles. The lowest BCUT2D eigenvalue weighted by molar-refractivity contribution is 0.465. The third-order valence-electron chi connectivity index (χ3n) is 3.06. The lowest BCUT2D eigenvalue weighted by Crippen LogP contribution is -2.22. The van der Waals surface area contributed by atoms with Crippen LogP contribution in [0.2, 0.25) is 0 Å². The van der Waals surface area contributed by atoms with Crippen molar-refractivity contribution in [2.75, 3.05) is 0 Å². The summed E-state index contributed by atoms with van der Waals surface area (Å²) in [6.45, 7) is 6.29. The molecule has 0 radical (unpaired) electrons. The molecule has 2 rings (SSSR count). The molecule has 2 aromatic rings. The highest BCUT2D eigenvalue weighted by Gasteiger charge is 2.12. The molecule has 1 aromatic heterocycles. The van der Waals surface area contributed by atoms with E-state index in [-0.39, 0.29) is 12.1 Å². The number of hydrogen-bond acceptors (Lipinski definition) is 4. The van der Waals surface area contributed by atoms with Gasteiger partial charge in [-0.15, -0.1) is 5.10 Å². The van der Waals surface area contributed by atoms with E-state index in [1.807, 2.05) is 20.8 Å². The number of rotatable bonds is 5. The van der Waals surface area contributed by atoms with Crippen molar-refractivity contribution >= 4 is 0 Å². The maximum Gasteiger partial charge on any atom is 0.165 e. The lowest BCUT2D eigenvalue weighted by Gasteiger charge is -2.15. The second-order valence-electron chi connectivity index (χ2n) is 4.91. The molecular formula is C13H17F2N5. The van der Waals surface area contributed by atoms with Crippen LogP contribution in [0.4, 0.5) is 8.78 Å². The molecule has 5 nitrogen and oxygen atoms in total. The quantitative estimate of drug-likeness (QED) is 0.914. The van der Waals surface area contributed by atoms with Crippen molar-refractivity contribution in [1.29, 1.82) is 0 Å². The summed E-state index contributed by atoms with van der Waals surface area (Å²) in [4.78, 5) is 0. The third kappa shape index (κ3) is 3.16. The van der Waals surface area contributed by atoms with Crippen LogP contribution in [0.5, 0.6) is 0 Å². The highest BCUT2D eigenvalue weighted by atomic mass is 19.2. The van der Waals surface area contributed by atoms with Crippen molar-refractivity contribution in [3.05, 3.63) is 41.2 Å². The van der Waals surface area contributed by atoms with Crippen molar-refractivity contribution < 1.29 is 8.78 Å². The summed E-state index contributed by atoms with van der Waals surface area (Å²) >= 11 is 0. The summed E-state index contributed by atoms with van der Waals surface area (Å²) in [7, 11) is 0. The zero-order chi connectivity index (χ0) is 14.7. The Bertz CT molecular complexity index is 582. The van der Waals surface area contributed by atoms with E-state index < -0.39 is 11.6 Å². The van der Waals surface area contributed by atoms with Crippen LogP contribution in [0, 0.1) is 11.6 Å². The minimum Gasteiger partial charge on any atom is -0.303 e. The van der Waals surface area contributed by atoms with Crippen LogP contribution in [-0.2, 0) is 6.54 Å². The molecule has 0 aliphatic rings. The normalized spacial score (nSPS) is 12.9. The minimum absolute atomic E-state index is 0.137. The van der Waals surface area contributed by atoms with Crippen LogP contribution in [-0.4, -0.2) is 20.2 Å². The molecule has 1 aromatic carbocycles. The zero-order valence-electron chi connectivity index (χ0n) is 11.6. The number of benzene rings is 1. The summed E-state index contributed by atoms with van der Waals surface area (Å²) < 4.78 is 27.8. The number of nitrogens with one attached hydrogen (secondary N) is 1. The maximum atomic E-state index is 13.2. The molecule has 0 spiro atoms. The molecule has 7 heteroatoms. The molecule has 0 amide bonds. The van der Waals surface area contributed by atoms with Crippen LogP contribution in [0.15, 0.2) is 18.2 Å². The van der Waals surface area contributed by atoms with Crippen molar-refractivity contribution in [2.24, 2.45) is 0 Å². The van der Waals surface area contributed by atoms with E-state index in [1.54, 1.807) is 10.7 Å². The third-order valence-corrected chi connectivity index (χ3v) is 3.06. The summed E-state index contributed by atoms with van der Waals surface area (Å²) in [6, 6.07) is 3.91. The summed E-state index contributed by atoms with van der Waals surface area (Å²) in [5.74, 6) is -0.984. The van der Waals surface area contributed by atoms with E-state index >= 15 is 0 Å². The summed E-state index contributed by atoms with van der Waals surface area (Å²) in [6.07, 6.45) is 0. The predicted molar refractivity (Wildman–Crippen MR) is 69.8 cm³/mol. The SMILES string of the molecule is CC(C)n1nnnc1CN[C@@H](C)c1ccc(F)c(F)c1. The Morgan fingerprint density at radius 2 is 1.95 bits per heavy atom. The van der Waals surface area contributed by atoms with E-state index in [9.17, 15) is 8.78 Å². The Kier molecular flexibility index (Phi) is 4.39. The minimum atomic E-state index is -0.844. The first-order valence-electron chi connectivity index (χ1n) is 6.44. The lowest BCUT2D eigenvalue weighted by atomic mass is 10.1. The van der Waals surface area contributed by atoms with Gasteiger partial charge in [-0.2, -0.15) is 0 Å². The van der Waals surface area contributed by atoms with Crippen LogP contribution in [0.3, 0.4) is 0 Å². The maximum absolute atomic E-state index is 13.2. The Balaban J connectivity index is 2.03. The largest absolute Gasteiger partial charge is 0.303 e. The molecule has 0 unspecified atom stereocenters. The fraction of sp³-hybridized carbons (Fsp3) is 0.462. The highest BCUT2D eigenvalue weighted by molar-refractivity contribution is 5.20. The molecule has 0 saturated heterocycles. The zero-order valence-corrected chi connectivity index (χ0v) is 11.6. The Labute approximate surface area is 116 Å². The average Bonchev–Trinajstić information content (AvgIpc) is 2.87. The van der Waals surface area contributed by atoms with Crippen LogP contribution in [0.1, 0.15) is 44.2 Å². The first kappa shape index (κ1) is 14.5. The van der Waals surface area contributed by atoms with Crippen LogP contribution in [0.25, 0.3) is 0 Å². The van der Waals surface area contributed by atoms with Crippen molar-refractivity contribution in [1.82, 2.24) is 25.5 Å². The number of nitrogens with zero attached hydrogens (tertiary/aromatic N) is 4. The molecule has 20 heavy (non-hydrogen) atoms. The van der Waals surface area contributed by atoms with Gasteiger partial charge in [0.05, 0.1) is 12.6 Å². The molecule has 0 aliphatic heterocycles. The van der Waals surface area contributed by atoms with Gasteiger partial charge in [0.2, 0.25) is 0 Å². The Morgan fingerprint density at radius 3 is 2.60 bits per heavy atom. The second kappa shape index (κ2) is 6.04. The van der Waals surface area contributed by atoms with Gasteiger partial charge in [0.25, 0.3) is 0 Å². The standard InChI is InChI=1S/C13H17F2N5/c1-8(2)20-13(17-18-19-20)7-16-9(3)10-4-5-11(14)12(15)6-10/h4-6,8-9,16H,7H2,1-3H3/t9-/m0/s1. The van der Waals surface area contributed by atoms with Crippen LogP contribution < -0.4 is 5.32 Å². The van der Waals surface area contributed by atoms with Crippen molar-refractivity contribution in [2.45, 2.75) is 39.4 Å². The van der Waals surface area contributed by atoms with E-state index in [4.69, 9.17) is 0 Å². The summed E-state index contributed by atoms with van der Waals surface area (Å²) in [5.41, 5.74) is 0.674. The smallest absolute Gasteiger partial charge is 0.165 e. The predicted octanol–water partition coefficient (Wildman–Crippen LogP) is 2.38. The molecule has 1 atom stereocenters. The van der Waals surface area contributed by atoms with E-state index in [1.165, 1.54) is 6.07 Å². The Hall–Kier alpha value is -1.89. The van der Waals surface area contributed by atoms with Crippen molar-refractivity contribution in [3.8, 4) is 0 Å². The van der Waals surface area contributed by atoms with Gasteiger partial charge in [-0.3, -0.25) is 0 Å². The molecule has 0 saturated carbocycles. The molecule has 0 aliphatic carbocycles. The van der Waals surface area contributed by atoms with Gasteiger partial charge >= 0.3 is 0 Å². The molecule has 0 fully saturated rings. The number of aromatic nitrogens is 4. The van der Waals surface area contributed by atoms with Crippen LogP contribution >= 0.6 is 0 Å². The fourth-order valence-corrected chi connectivity index (χ4v) is 1.87. The van der Waals surface area contributed by atoms with Gasteiger partial charge < -0.3 is 5.32 Å². The number of halogens is 2. The van der Waals surface area contributed by atoms with E-state index in [2.05, 4.69) is 20.8 Å². The van der Waals surface area contributed by atoms with Gasteiger partial charge in [0.15, 0.2) is 17.5 Å².